The van der Waals surface area contributed by atoms with Crippen molar-refractivity contribution in [3.8, 4) is 0 Å². The van der Waals surface area contributed by atoms with Crippen molar-refractivity contribution in [2.45, 2.75) is 25.0 Å². The van der Waals surface area contributed by atoms with E-state index in [1.165, 1.54) is 11.0 Å². The molecule has 0 spiro atoms. The van der Waals surface area contributed by atoms with E-state index in [2.05, 4.69) is 5.32 Å². The van der Waals surface area contributed by atoms with Crippen molar-refractivity contribution in [2.75, 3.05) is 13.1 Å². The third-order valence-electron chi connectivity index (χ3n) is 3.49. The van der Waals surface area contributed by atoms with Crippen molar-refractivity contribution in [3.63, 3.8) is 0 Å². The van der Waals surface area contributed by atoms with Crippen LogP contribution in [0.5, 0.6) is 0 Å². The highest BCUT2D eigenvalue weighted by molar-refractivity contribution is 6.35. The number of nitrogens with zero attached hydrogens (tertiary/aromatic N) is 1. The number of hydrogen-bond donors (Lipinski definition) is 3. The van der Waals surface area contributed by atoms with Crippen LogP contribution in [-0.2, 0) is 11.2 Å². The zero-order chi connectivity index (χ0) is 16.3. The second-order valence-electron chi connectivity index (χ2n) is 5.17. The van der Waals surface area contributed by atoms with Gasteiger partial charge in [-0.2, -0.15) is 0 Å². The number of likely N-dealkylation sites (tertiary alicyclic amines) is 1. The van der Waals surface area contributed by atoms with E-state index in [0.29, 0.717) is 28.6 Å². The van der Waals surface area contributed by atoms with E-state index in [4.69, 9.17) is 23.2 Å². The number of urea groups is 1. The summed E-state index contributed by atoms with van der Waals surface area (Å²) in [6.07, 6.45) is -0.0125. The molecule has 22 heavy (non-hydrogen) atoms. The van der Waals surface area contributed by atoms with Crippen molar-refractivity contribution >= 4 is 35.2 Å². The number of carboxylic acids is 1. The Labute approximate surface area is 137 Å². The molecule has 0 aromatic heterocycles. The summed E-state index contributed by atoms with van der Waals surface area (Å²) < 4.78 is 0. The molecule has 1 aromatic rings. The lowest BCUT2D eigenvalue weighted by Crippen LogP contribution is -2.48. The Kier molecular flexibility index (Phi) is 5.50. The zero-order valence-corrected chi connectivity index (χ0v) is 13.1. The molecule has 1 heterocycles. The maximum Gasteiger partial charge on any atom is 0.326 e. The van der Waals surface area contributed by atoms with Crippen molar-refractivity contribution < 1.29 is 19.8 Å². The fourth-order valence-corrected chi connectivity index (χ4v) is 2.76. The van der Waals surface area contributed by atoms with Gasteiger partial charge in [0.2, 0.25) is 0 Å². The fourth-order valence-electron chi connectivity index (χ4n) is 2.27. The van der Waals surface area contributed by atoms with Crippen LogP contribution in [0.2, 0.25) is 10.0 Å². The number of halogens is 2. The number of β-amino-alcohol motifs (C(OH)–C–C–N with tert-alkyl or cyclic N) is 1. The Hall–Kier alpha value is -1.50. The molecule has 1 aliphatic heterocycles. The summed E-state index contributed by atoms with van der Waals surface area (Å²) >= 11 is 11.8. The van der Waals surface area contributed by atoms with Crippen LogP contribution in [0.4, 0.5) is 4.79 Å². The third kappa shape index (κ3) is 4.25. The van der Waals surface area contributed by atoms with Crippen LogP contribution in [0.1, 0.15) is 12.0 Å². The predicted molar refractivity (Wildman–Crippen MR) is 82.3 cm³/mol. The summed E-state index contributed by atoms with van der Waals surface area (Å²) in [6, 6.07) is 3.15. The molecule has 2 amide bonds. The Morgan fingerprint density at radius 3 is 2.68 bits per heavy atom. The van der Waals surface area contributed by atoms with Crippen molar-refractivity contribution in [1.82, 2.24) is 10.2 Å². The monoisotopic (exact) mass is 346 g/mol. The molecular weight excluding hydrogens is 331 g/mol. The lowest BCUT2D eigenvalue weighted by molar-refractivity contribution is -0.139. The second kappa shape index (κ2) is 7.17. The third-order valence-corrected chi connectivity index (χ3v) is 4.07. The number of aliphatic carboxylic acids is 1. The first-order valence-corrected chi connectivity index (χ1v) is 7.52. The molecule has 2 atom stereocenters. The number of aliphatic hydroxyl groups is 1. The number of carbonyl (C=O) groups is 2. The summed E-state index contributed by atoms with van der Waals surface area (Å²) in [7, 11) is 0. The summed E-state index contributed by atoms with van der Waals surface area (Å²) in [4.78, 5) is 24.8. The zero-order valence-electron chi connectivity index (χ0n) is 11.6. The number of carboxylic acid groups (broad SMARTS) is 1. The van der Waals surface area contributed by atoms with Gasteiger partial charge in [-0.05, 0) is 24.1 Å². The highest BCUT2D eigenvalue weighted by atomic mass is 35.5. The van der Waals surface area contributed by atoms with E-state index in [0.717, 1.165) is 0 Å². The van der Waals surface area contributed by atoms with E-state index < -0.39 is 24.1 Å². The first-order chi connectivity index (χ1) is 10.4. The average Bonchev–Trinajstić information content (AvgIpc) is 2.87. The molecule has 3 N–H and O–H groups in total. The van der Waals surface area contributed by atoms with Crippen molar-refractivity contribution in [2.24, 2.45) is 0 Å². The first-order valence-electron chi connectivity index (χ1n) is 6.77. The van der Waals surface area contributed by atoms with Gasteiger partial charge in [0.05, 0.1) is 6.10 Å². The number of aliphatic hydroxyl groups excluding tert-OH is 1. The van der Waals surface area contributed by atoms with Crippen LogP contribution < -0.4 is 5.32 Å². The Morgan fingerprint density at radius 1 is 1.41 bits per heavy atom. The molecular formula is C14H16Cl2N2O4. The molecule has 1 aliphatic rings. The Bertz CT molecular complexity index is 582. The summed E-state index contributed by atoms with van der Waals surface area (Å²) in [5.41, 5.74) is 0.584. The fraction of sp³-hybridized carbons (Fsp3) is 0.429. The Morgan fingerprint density at radius 2 is 2.14 bits per heavy atom. The van der Waals surface area contributed by atoms with Crippen LogP contribution >= 0.6 is 23.2 Å². The van der Waals surface area contributed by atoms with Crippen molar-refractivity contribution in [1.29, 1.82) is 0 Å². The highest BCUT2D eigenvalue weighted by Gasteiger charge is 2.28. The molecule has 0 aliphatic carbocycles. The van der Waals surface area contributed by atoms with E-state index in [-0.39, 0.29) is 13.0 Å². The molecule has 1 aromatic carbocycles. The maximum atomic E-state index is 12.0. The maximum absolute atomic E-state index is 12.0. The molecule has 1 fully saturated rings. The van der Waals surface area contributed by atoms with Gasteiger partial charge >= 0.3 is 12.0 Å². The van der Waals surface area contributed by atoms with Crippen LogP contribution in [0.3, 0.4) is 0 Å². The summed E-state index contributed by atoms with van der Waals surface area (Å²) in [5, 5.41) is 22.0. The van der Waals surface area contributed by atoms with E-state index in [1.54, 1.807) is 12.1 Å². The molecule has 1 saturated heterocycles. The minimum atomic E-state index is -1.15. The van der Waals surface area contributed by atoms with E-state index in [9.17, 15) is 19.8 Å². The highest BCUT2D eigenvalue weighted by Crippen LogP contribution is 2.22. The number of amides is 2. The number of carbonyl (C=O) groups excluding carboxylic acids is 1. The molecule has 6 nitrogen and oxygen atoms in total. The van der Waals surface area contributed by atoms with E-state index >= 15 is 0 Å². The van der Waals surface area contributed by atoms with Crippen LogP contribution in [0.25, 0.3) is 0 Å². The quantitative estimate of drug-likeness (QED) is 0.774. The first kappa shape index (κ1) is 16.9. The minimum Gasteiger partial charge on any atom is -0.480 e. The molecule has 8 heteroatoms. The van der Waals surface area contributed by atoms with Gasteiger partial charge < -0.3 is 20.4 Å². The second-order valence-corrected chi connectivity index (χ2v) is 6.01. The number of nitrogens with one attached hydrogen (secondary N) is 1. The smallest absolute Gasteiger partial charge is 0.326 e. The van der Waals surface area contributed by atoms with Gasteiger partial charge in [-0.3, -0.25) is 0 Å². The molecule has 2 rings (SSSR count). The summed E-state index contributed by atoms with van der Waals surface area (Å²) in [5.74, 6) is -1.15. The number of hydrogen-bond acceptors (Lipinski definition) is 3. The number of benzene rings is 1. The van der Waals surface area contributed by atoms with Gasteiger partial charge in [0.15, 0.2) is 0 Å². The lowest BCUT2D eigenvalue weighted by atomic mass is 10.1. The molecule has 0 saturated carbocycles. The molecule has 0 bridgehead atoms. The van der Waals surface area contributed by atoms with Crippen LogP contribution in [-0.4, -0.2) is 52.3 Å². The standard InChI is InChI=1S/C14H16Cl2N2O4/c15-9-2-1-8(11(16)6-9)5-12(13(20)21)17-14(22)18-4-3-10(19)7-18/h1-2,6,10,12,19H,3-5,7H2,(H,17,22)(H,20,21)/t10-,12+/m0/s1. The SMILES string of the molecule is O=C(O)[C@@H](Cc1ccc(Cl)cc1Cl)NC(=O)N1CC[C@H](O)C1. The van der Waals surface area contributed by atoms with E-state index in [1.807, 2.05) is 0 Å². The predicted octanol–water partition coefficient (Wildman–Crippen LogP) is 1.77. The van der Waals surface area contributed by atoms with Gasteiger partial charge in [0.1, 0.15) is 6.04 Å². The van der Waals surface area contributed by atoms with Crippen LogP contribution in [0.15, 0.2) is 18.2 Å². The lowest BCUT2D eigenvalue weighted by Gasteiger charge is -2.21. The molecule has 0 unspecified atom stereocenters. The minimum absolute atomic E-state index is 0.0491. The topological polar surface area (TPSA) is 89.9 Å². The van der Waals surface area contributed by atoms with Crippen molar-refractivity contribution in [3.05, 3.63) is 33.8 Å². The molecule has 120 valence electrons. The van der Waals surface area contributed by atoms with Gasteiger partial charge in [-0.25, -0.2) is 9.59 Å². The summed E-state index contributed by atoms with van der Waals surface area (Å²) in [6.45, 7) is 0.612. The Balaban J connectivity index is 2.03. The average molecular weight is 347 g/mol. The van der Waals surface area contributed by atoms with Gasteiger partial charge in [0.25, 0.3) is 0 Å². The van der Waals surface area contributed by atoms with Gasteiger partial charge in [0, 0.05) is 29.6 Å². The number of rotatable bonds is 4. The largest absolute Gasteiger partial charge is 0.480 e. The van der Waals surface area contributed by atoms with Crippen LogP contribution in [0, 0.1) is 0 Å². The van der Waals surface area contributed by atoms with Gasteiger partial charge in [-0.15, -0.1) is 0 Å². The van der Waals surface area contributed by atoms with Gasteiger partial charge in [-0.1, -0.05) is 29.3 Å². The molecule has 0 radical (unpaired) electrons. The normalized spacial score (nSPS) is 19.0.